The van der Waals surface area contributed by atoms with Crippen LogP contribution in [0.4, 0.5) is 0 Å². The van der Waals surface area contributed by atoms with Crippen LogP contribution in [0.25, 0.3) is 0 Å². The number of hydrogen-bond acceptors (Lipinski definition) is 3. The molecule has 4 unspecified atom stereocenters. The molecule has 0 aromatic heterocycles. The second kappa shape index (κ2) is 5.02. The van der Waals surface area contributed by atoms with E-state index in [2.05, 4.69) is 26.1 Å². The SMILES string of the molecule is CC1(C)C2CCC1(C)C(NC(=O)C(N)CCC(=O)O)C2. The van der Waals surface area contributed by atoms with E-state index in [1.54, 1.807) is 0 Å². The van der Waals surface area contributed by atoms with Crippen LogP contribution in [0, 0.1) is 16.7 Å². The van der Waals surface area contributed by atoms with Gasteiger partial charge in [0.05, 0.1) is 6.04 Å². The first-order chi connectivity index (χ1) is 9.18. The molecule has 0 aromatic carbocycles. The summed E-state index contributed by atoms with van der Waals surface area (Å²) < 4.78 is 0. The number of amides is 1. The zero-order valence-electron chi connectivity index (χ0n) is 12.6. The van der Waals surface area contributed by atoms with Crippen LogP contribution in [0.2, 0.25) is 0 Å². The lowest BCUT2D eigenvalue weighted by Crippen LogP contribution is -2.51. The number of carbonyl (C=O) groups excluding carboxylic acids is 1. The first-order valence-electron chi connectivity index (χ1n) is 7.46. The van der Waals surface area contributed by atoms with E-state index in [4.69, 9.17) is 10.8 Å². The number of aliphatic carboxylic acids is 1. The van der Waals surface area contributed by atoms with E-state index in [0.717, 1.165) is 12.8 Å². The van der Waals surface area contributed by atoms with Gasteiger partial charge in [0.25, 0.3) is 0 Å². The Bertz CT molecular complexity index is 421. The number of carboxylic acids is 1. The Morgan fingerprint density at radius 1 is 1.40 bits per heavy atom. The summed E-state index contributed by atoms with van der Waals surface area (Å²) in [5.41, 5.74) is 6.15. The summed E-state index contributed by atoms with van der Waals surface area (Å²) in [4.78, 5) is 22.6. The van der Waals surface area contributed by atoms with Crippen molar-refractivity contribution >= 4 is 11.9 Å². The third-order valence-electron chi connectivity index (χ3n) is 6.12. The molecule has 114 valence electrons. The van der Waals surface area contributed by atoms with E-state index in [1.807, 2.05) is 0 Å². The third-order valence-corrected chi connectivity index (χ3v) is 6.12. The smallest absolute Gasteiger partial charge is 0.303 e. The Labute approximate surface area is 120 Å². The molecule has 2 bridgehead atoms. The number of fused-ring (bicyclic) bond motifs is 2. The van der Waals surface area contributed by atoms with Gasteiger partial charge in [-0.25, -0.2) is 0 Å². The van der Waals surface area contributed by atoms with Gasteiger partial charge in [-0.15, -0.1) is 0 Å². The molecule has 5 nitrogen and oxygen atoms in total. The zero-order chi connectivity index (χ0) is 15.1. The van der Waals surface area contributed by atoms with Crippen LogP contribution in [-0.2, 0) is 9.59 Å². The van der Waals surface area contributed by atoms with Gasteiger partial charge in [0, 0.05) is 12.5 Å². The van der Waals surface area contributed by atoms with Gasteiger partial charge >= 0.3 is 5.97 Å². The summed E-state index contributed by atoms with van der Waals surface area (Å²) in [5.74, 6) is -0.463. The average molecular weight is 282 g/mol. The molecule has 4 atom stereocenters. The molecule has 2 aliphatic carbocycles. The van der Waals surface area contributed by atoms with Crippen molar-refractivity contribution in [2.75, 3.05) is 0 Å². The number of carboxylic acid groups (broad SMARTS) is 1. The van der Waals surface area contributed by atoms with E-state index in [0.29, 0.717) is 5.92 Å². The van der Waals surface area contributed by atoms with E-state index >= 15 is 0 Å². The van der Waals surface area contributed by atoms with Gasteiger partial charge < -0.3 is 16.2 Å². The van der Waals surface area contributed by atoms with Gasteiger partial charge in [0.15, 0.2) is 0 Å². The topological polar surface area (TPSA) is 92.4 Å². The molecule has 0 heterocycles. The first-order valence-corrected chi connectivity index (χ1v) is 7.46. The Morgan fingerprint density at radius 3 is 2.50 bits per heavy atom. The highest BCUT2D eigenvalue weighted by Gasteiger charge is 2.61. The summed E-state index contributed by atoms with van der Waals surface area (Å²) in [6, 6.07) is -0.559. The molecular weight excluding hydrogens is 256 g/mol. The Balaban J connectivity index is 1.95. The molecular formula is C15H26N2O3. The molecule has 0 radical (unpaired) electrons. The van der Waals surface area contributed by atoms with E-state index in [9.17, 15) is 9.59 Å². The fourth-order valence-electron chi connectivity index (χ4n) is 4.11. The molecule has 2 saturated carbocycles. The van der Waals surface area contributed by atoms with Gasteiger partial charge in [0.1, 0.15) is 0 Å². The molecule has 2 fully saturated rings. The van der Waals surface area contributed by atoms with Crippen LogP contribution in [0.5, 0.6) is 0 Å². The highest BCUT2D eigenvalue weighted by atomic mass is 16.4. The number of rotatable bonds is 5. The van der Waals surface area contributed by atoms with Crippen LogP contribution < -0.4 is 11.1 Å². The average Bonchev–Trinajstić information content (AvgIpc) is 2.68. The fraction of sp³-hybridized carbons (Fsp3) is 0.867. The van der Waals surface area contributed by atoms with E-state index < -0.39 is 12.0 Å². The number of nitrogens with two attached hydrogens (primary N) is 1. The zero-order valence-corrected chi connectivity index (χ0v) is 12.6. The second-order valence-corrected chi connectivity index (χ2v) is 7.21. The monoisotopic (exact) mass is 282 g/mol. The van der Waals surface area contributed by atoms with E-state index in [-0.39, 0.29) is 35.6 Å². The van der Waals surface area contributed by atoms with Gasteiger partial charge in [-0.2, -0.15) is 0 Å². The van der Waals surface area contributed by atoms with Gasteiger partial charge in [0.2, 0.25) is 5.91 Å². The number of carbonyl (C=O) groups is 2. The summed E-state index contributed by atoms with van der Waals surface area (Å²) in [6.45, 7) is 6.84. The first kappa shape index (κ1) is 15.3. The minimum absolute atomic E-state index is 0.0648. The standard InChI is InChI=1S/C15H26N2O3/c1-14(2)9-6-7-15(14,3)11(8-9)17-13(20)10(16)4-5-12(18)19/h9-11H,4-8,16H2,1-3H3,(H,17,20)(H,18,19). The molecule has 0 aliphatic heterocycles. The maximum atomic E-state index is 12.1. The molecule has 5 heteroatoms. The molecule has 20 heavy (non-hydrogen) atoms. The van der Waals surface area contributed by atoms with Crippen LogP contribution in [0.1, 0.15) is 52.9 Å². The van der Waals surface area contributed by atoms with Gasteiger partial charge in [-0.1, -0.05) is 20.8 Å². The van der Waals surface area contributed by atoms with Gasteiger partial charge in [-0.3, -0.25) is 9.59 Å². The lowest BCUT2D eigenvalue weighted by Gasteiger charge is -2.39. The van der Waals surface area contributed by atoms with Crippen molar-refractivity contribution in [1.29, 1.82) is 0 Å². The molecule has 0 aromatic rings. The molecule has 0 saturated heterocycles. The lowest BCUT2D eigenvalue weighted by molar-refractivity contribution is -0.137. The van der Waals surface area contributed by atoms with E-state index in [1.165, 1.54) is 6.42 Å². The predicted octanol–water partition coefficient (Wildman–Crippen LogP) is 1.51. The quantitative estimate of drug-likeness (QED) is 0.712. The number of hydrogen-bond donors (Lipinski definition) is 3. The largest absolute Gasteiger partial charge is 0.481 e. The maximum Gasteiger partial charge on any atom is 0.303 e. The van der Waals surface area contributed by atoms with Crippen LogP contribution in [0.15, 0.2) is 0 Å². The van der Waals surface area contributed by atoms with Crippen molar-refractivity contribution in [3.8, 4) is 0 Å². The van der Waals surface area contributed by atoms with Crippen molar-refractivity contribution in [2.45, 2.75) is 65.0 Å². The van der Waals surface area contributed by atoms with Crippen LogP contribution in [0.3, 0.4) is 0 Å². The molecule has 1 amide bonds. The van der Waals surface area contributed by atoms with Crippen molar-refractivity contribution in [3.63, 3.8) is 0 Å². The Morgan fingerprint density at radius 2 is 2.05 bits per heavy atom. The van der Waals surface area contributed by atoms with Crippen molar-refractivity contribution in [3.05, 3.63) is 0 Å². The highest BCUT2D eigenvalue weighted by molar-refractivity contribution is 5.82. The van der Waals surface area contributed by atoms with Crippen molar-refractivity contribution < 1.29 is 14.7 Å². The molecule has 4 N–H and O–H groups in total. The summed E-state index contributed by atoms with van der Waals surface area (Å²) in [5, 5.41) is 11.7. The highest BCUT2D eigenvalue weighted by Crippen LogP contribution is 2.65. The molecule has 2 rings (SSSR count). The minimum Gasteiger partial charge on any atom is -0.481 e. The summed E-state index contributed by atoms with van der Waals surface area (Å²) in [6.07, 6.45) is 3.52. The Hall–Kier alpha value is -1.10. The normalized spacial score (nSPS) is 35.8. The second-order valence-electron chi connectivity index (χ2n) is 7.21. The van der Waals surface area contributed by atoms with Crippen LogP contribution >= 0.6 is 0 Å². The molecule has 0 spiro atoms. The minimum atomic E-state index is -0.915. The third kappa shape index (κ3) is 2.32. The van der Waals surface area contributed by atoms with Crippen molar-refractivity contribution in [2.24, 2.45) is 22.5 Å². The molecule has 2 aliphatic rings. The lowest BCUT2D eigenvalue weighted by atomic mass is 9.69. The van der Waals surface area contributed by atoms with Gasteiger partial charge in [-0.05, 0) is 42.4 Å². The summed E-state index contributed by atoms with van der Waals surface area (Å²) >= 11 is 0. The summed E-state index contributed by atoms with van der Waals surface area (Å²) in [7, 11) is 0. The fourth-order valence-corrected chi connectivity index (χ4v) is 4.11. The number of nitrogens with one attached hydrogen (secondary N) is 1. The van der Waals surface area contributed by atoms with Crippen LogP contribution in [-0.4, -0.2) is 29.1 Å². The predicted molar refractivity (Wildman–Crippen MR) is 76.0 cm³/mol. The van der Waals surface area contributed by atoms with Crippen molar-refractivity contribution in [1.82, 2.24) is 5.32 Å². The maximum absolute atomic E-state index is 12.1. The Kier molecular flexibility index (Phi) is 3.84.